The van der Waals surface area contributed by atoms with Gasteiger partial charge in [-0.05, 0) is 6.54 Å². The van der Waals surface area contributed by atoms with Gasteiger partial charge in [-0.1, -0.05) is 30.1 Å². The molecule has 0 aromatic carbocycles. The van der Waals surface area contributed by atoms with Gasteiger partial charge in [-0.15, -0.1) is 0 Å². The van der Waals surface area contributed by atoms with Gasteiger partial charge in [0.15, 0.2) is 0 Å². The summed E-state index contributed by atoms with van der Waals surface area (Å²) in [4.78, 5) is 1.89. The van der Waals surface area contributed by atoms with E-state index < -0.39 is 0 Å². The summed E-state index contributed by atoms with van der Waals surface area (Å²) >= 11 is 11.0. The minimum Gasteiger partial charge on any atom is -0.286 e. The van der Waals surface area contributed by atoms with E-state index in [1.165, 1.54) is 5.54 Å². The van der Waals surface area contributed by atoms with Crippen LogP contribution >= 0.6 is 23.2 Å². The maximum atomic E-state index is 8.37. The second-order valence-corrected chi connectivity index (χ2v) is 2.72. The van der Waals surface area contributed by atoms with Crippen molar-refractivity contribution in [1.29, 1.82) is 5.26 Å². The lowest BCUT2D eigenvalue weighted by atomic mass is 10.4. The molecular formula is C7H10Cl2N2. The van der Waals surface area contributed by atoms with Gasteiger partial charge in [0, 0.05) is 17.1 Å². The van der Waals surface area contributed by atoms with Crippen molar-refractivity contribution in [3.63, 3.8) is 0 Å². The average molecular weight is 193 g/mol. The molecule has 2 nitrogen and oxygen atoms in total. The van der Waals surface area contributed by atoms with Crippen molar-refractivity contribution in [2.24, 2.45) is 0 Å². The SMILES string of the molecule is CCN(CC#N)C/C(Cl)=C/Cl. The second-order valence-electron chi connectivity index (χ2n) is 2.02. The Morgan fingerprint density at radius 2 is 2.36 bits per heavy atom. The summed E-state index contributed by atoms with van der Waals surface area (Å²) in [6.07, 6.45) is 0. The maximum Gasteiger partial charge on any atom is 0.0869 e. The van der Waals surface area contributed by atoms with E-state index in [0.29, 0.717) is 18.1 Å². The molecule has 0 N–H and O–H groups in total. The number of halogens is 2. The molecule has 0 spiro atoms. The Hall–Kier alpha value is -0.230. The fourth-order valence-electron chi connectivity index (χ4n) is 0.628. The van der Waals surface area contributed by atoms with E-state index in [1.54, 1.807) is 0 Å². The molecule has 0 aromatic heterocycles. The molecule has 11 heavy (non-hydrogen) atoms. The third-order valence-corrected chi connectivity index (χ3v) is 1.84. The van der Waals surface area contributed by atoms with Crippen LogP contribution in [0, 0.1) is 11.3 Å². The molecule has 0 amide bonds. The molecule has 62 valence electrons. The van der Waals surface area contributed by atoms with E-state index in [2.05, 4.69) is 0 Å². The maximum absolute atomic E-state index is 8.37. The fraction of sp³-hybridized carbons (Fsp3) is 0.571. The lowest BCUT2D eigenvalue weighted by molar-refractivity contribution is 0.356. The van der Waals surface area contributed by atoms with Crippen LogP contribution in [0.25, 0.3) is 0 Å². The van der Waals surface area contributed by atoms with Crippen LogP contribution in [0.15, 0.2) is 10.6 Å². The van der Waals surface area contributed by atoms with Gasteiger partial charge in [-0.3, -0.25) is 4.90 Å². The van der Waals surface area contributed by atoms with E-state index in [1.807, 2.05) is 17.9 Å². The van der Waals surface area contributed by atoms with Crippen LogP contribution in [-0.4, -0.2) is 24.5 Å². The molecule has 0 saturated heterocycles. The van der Waals surface area contributed by atoms with E-state index in [-0.39, 0.29) is 0 Å². The molecule has 0 aliphatic heterocycles. The summed E-state index contributed by atoms with van der Waals surface area (Å²) in [7, 11) is 0. The average Bonchev–Trinajstić information content (AvgIpc) is 2.03. The minimum atomic E-state index is 0.386. The standard InChI is InChI=1S/C7H10Cl2N2/c1-2-11(4-3-10)6-7(9)5-8/h5H,2,4,6H2,1H3/b7-5-. The van der Waals surface area contributed by atoms with Crippen LogP contribution < -0.4 is 0 Å². The molecule has 4 heteroatoms. The van der Waals surface area contributed by atoms with Gasteiger partial charge in [-0.2, -0.15) is 5.26 Å². The smallest absolute Gasteiger partial charge is 0.0869 e. The van der Waals surface area contributed by atoms with Gasteiger partial charge in [0.05, 0.1) is 12.6 Å². The zero-order chi connectivity index (χ0) is 8.69. The van der Waals surface area contributed by atoms with Crippen LogP contribution in [0.3, 0.4) is 0 Å². The Morgan fingerprint density at radius 1 is 1.73 bits per heavy atom. The number of hydrogen-bond acceptors (Lipinski definition) is 2. The molecule has 0 radical (unpaired) electrons. The molecule has 0 unspecified atom stereocenters. The molecule has 0 atom stereocenters. The lowest BCUT2D eigenvalue weighted by Gasteiger charge is -2.14. The largest absolute Gasteiger partial charge is 0.286 e. The van der Waals surface area contributed by atoms with Crippen molar-refractivity contribution in [3.05, 3.63) is 10.6 Å². The van der Waals surface area contributed by atoms with Gasteiger partial charge in [0.2, 0.25) is 0 Å². The highest BCUT2D eigenvalue weighted by Crippen LogP contribution is 2.05. The zero-order valence-corrected chi connectivity index (χ0v) is 7.86. The Bertz CT molecular complexity index is 172. The summed E-state index contributed by atoms with van der Waals surface area (Å²) < 4.78 is 0. The van der Waals surface area contributed by atoms with Crippen LogP contribution in [0.2, 0.25) is 0 Å². The van der Waals surface area contributed by atoms with Crippen molar-refractivity contribution in [3.8, 4) is 6.07 Å². The number of likely N-dealkylation sites (N-methyl/N-ethyl adjacent to an activating group) is 1. The monoisotopic (exact) mass is 192 g/mol. The lowest BCUT2D eigenvalue weighted by Crippen LogP contribution is -2.24. The van der Waals surface area contributed by atoms with Crippen molar-refractivity contribution >= 4 is 23.2 Å². The predicted molar refractivity (Wildman–Crippen MR) is 47.5 cm³/mol. The van der Waals surface area contributed by atoms with Gasteiger partial charge in [-0.25, -0.2) is 0 Å². The molecule has 0 aliphatic rings. The van der Waals surface area contributed by atoms with E-state index >= 15 is 0 Å². The van der Waals surface area contributed by atoms with Crippen molar-refractivity contribution in [2.75, 3.05) is 19.6 Å². The van der Waals surface area contributed by atoms with Gasteiger partial charge < -0.3 is 0 Å². The third-order valence-electron chi connectivity index (χ3n) is 1.23. The molecular weight excluding hydrogens is 183 g/mol. The molecule has 0 aliphatic carbocycles. The first-order chi connectivity index (χ1) is 5.24. The predicted octanol–water partition coefficient (Wildman–Crippen LogP) is 2.15. The van der Waals surface area contributed by atoms with E-state index in [4.69, 9.17) is 28.5 Å². The summed E-state index contributed by atoms with van der Waals surface area (Å²) in [6, 6.07) is 2.05. The highest BCUT2D eigenvalue weighted by Gasteiger charge is 2.01. The highest BCUT2D eigenvalue weighted by molar-refractivity contribution is 6.36. The first kappa shape index (κ1) is 10.8. The van der Waals surface area contributed by atoms with Crippen molar-refractivity contribution in [2.45, 2.75) is 6.92 Å². The molecule has 0 heterocycles. The first-order valence-electron chi connectivity index (χ1n) is 3.28. The quantitative estimate of drug-likeness (QED) is 0.639. The number of rotatable bonds is 4. The first-order valence-corrected chi connectivity index (χ1v) is 4.10. The van der Waals surface area contributed by atoms with Crippen LogP contribution in [0.1, 0.15) is 6.92 Å². The van der Waals surface area contributed by atoms with Gasteiger partial charge >= 0.3 is 0 Å². The summed E-state index contributed by atoms with van der Waals surface area (Å²) in [6.45, 7) is 3.71. The molecule has 0 bridgehead atoms. The summed E-state index contributed by atoms with van der Waals surface area (Å²) in [5.41, 5.74) is 1.32. The van der Waals surface area contributed by atoms with Crippen LogP contribution in [-0.2, 0) is 0 Å². The normalized spacial score (nSPS) is 11.7. The second kappa shape index (κ2) is 6.48. The molecule has 0 rings (SSSR count). The van der Waals surface area contributed by atoms with Gasteiger partial charge in [0.1, 0.15) is 0 Å². The molecule has 0 saturated carbocycles. The topological polar surface area (TPSA) is 27.0 Å². The zero-order valence-electron chi connectivity index (χ0n) is 6.35. The Kier molecular flexibility index (Phi) is 6.34. The summed E-state index contributed by atoms with van der Waals surface area (Å²) in [5.74, 6) is 0. The Balaban J connectivity index is 3.79. The third kappa shape index (κ3) is 5.09. The summed E-state index contributed by atoms with van der Waals surface area (Å²) in [5, 5.41) is 8.93. The Morgan fingerprint density at radius 3 is 2.73 bits per heavy atom. The van der Waals surface area contributed by atoms with E-state index in [9.17, 15) is 0 Å². The van der Waals surface area contributed by atoms with Crippen LogP contribution in [0.5, 0.6) is 0 Å². The Labute approximate surface area is 77.0 Å². The highest BCUT2D eigenvalue weighted by atomic mass is 35.5. The van der Waals surface area contributed by atoms with Gasteiger partial charge in [0.25, 0.3) is 0 Å². The molecule has 0 fully saturated rings. The van der Waals surface area contributed by atoms with Crippen molar-refractivity contribution in [1.82, 2.24) is 4.90 Å². The number of nitrogens with zero attached hydrogens (tertiary/aromatic N) is 2. The minimum absolute atomic E-state index is 0.386. The van der Waals surface area contributed by atoms with E-state index in [0.717, 1.165) is 6.54 Å². The van der Waals surface area contributed by atoms with Crippen molar-refractivity contribution < 1.29 is 0 Å². The number of nitriles is 1. The van der Waals surface area contributed by atoms with Crippen LogP contribution in [0.4, 0.5) is 0 Å². The fourth-order valence-corrected chi connectivity index (χ4v) is 0.866. The number of hydrogen-bond donors (Lipinski definition) is 0. The molecule has 0 aromatic rings.